The third-order valence-corrected chi connectivity index (χ3v) is 6.56. The monoisotopic (exact) mass is 473 g/mol. The SMILES string of the molecule is Cc1nc(-c2cccc(N3CC[n+]4c3c3ccccc3c3ccccc34)c2)cs1.[Br-]. The van der Waals surface area contributed by atoms with Crippen molar-refractivity contribution >= 4 is 44.5 Å². The Bertz CT molecular complexity index is 1390. The lowest BCUT2D eigenvalue weighted by Crippen LogP contribution is -3.00. The van der Waals surface area contributed by atoms with Crippen LogP contribution < -0.4 is 26.4 Å². The Morgan fingerprint density at radius 1 is 0.900 bits per heavy atom. The van der Waals surface area contributed by atoms with Gasteiger partial charge >= 0.3 is 0 Å². The Morgan fingerprint density at radius 3 is 2.47 bits per heavy atom. The second kappa shape index (κ2) is 7.49. The van der Waals surface area contributed by atoms with Crippen molar-refractivity contribution in [3.05, 3.63) is 83.2 Å². The molecule has 0 aliphatic carbocycles. The molecule has 0 fully saturated rings. The summed E-state index contributed by atoms with van der Waals surface area (Å²) in [4.78, 5) is 7.13. The molecule has 0 atom stereocenters. The molecule has 5 heteroatoms. The van der Waals surface area contributed by atoms with Gasteiger partial charge in [-0.25, -0.2) is 14.5 Å². The van der Waals surface area contributed by atoms with Crippen LogP contribution in [0.25, 0.3) is 32.9 Å². The molecule has 3 nitrogen and oxygen atoms in total. The summed E-state index contributed by atoms with van der Waals surface area (Å²) in [6, 6.07) is 26.3. The van der Waals surface area contributed by atoms with Gasteiger partial charge in [-0.1, -0.05) is 48.5 Å². The fraction of sp³-hybridized carbons (Fsp3) is 0.120. The zero-order valence-electron chi connectivity index (χ0n) is 16.5. The molecule has 30 heavy (non-hydrogen) atoms. The van der Waals surface area contributed by atoms with Crippen LogP contribution in [-0.4, -0.2) is 11.5 Å². The van der Waals surface area contributed by atoms with Crippen molar-refractivity contribution in [3.63, 3.8) is 0 Å². The van der Waals surface area contributed by atoms with Crippen LogP contribution in [-0.2, 0) is 6.54 Å². The van der Waals surface area contributed by atoms with E-state index >= 15 is 0 Å². The Hall–Kier alpha value is -2.76. The van der Waals surface area contributed by atoms with Gasteiger partial charge in [0.1, 0.15) is 24.3 Å². The van der Waals surface area contributed by atoms with Gasteiger partial charge in [0.15, 0.2) is 0 Å². The van der Waals surface area contributed by atoms with Crippen LogP contribution in [0.4, 0.5) is 11.5 Å². The lowest BCUT2D eigenvalue weighted by Gasteiger charge is -2.14. The summed E-state index contributed by atoms with van der Waals surface area (Å²) < 4.78 is 2.47. The van der Waals surface area contributed by atoms with E-state index in [4.69, 9.17) is 0 Å². The maximum Gasteiger partial charge on any atom is 0.290 e. The lowest BCUT2D eigenvalue weighted by atomic mass is 10.0. The van der Waals surface area contributed by atoms with E-state index in [9.17, 15) is 0 Å². The molecular weight excluding hydrogens is 454 g/mol. The van der Waals surface area contributed by atoms with Crippen molar-refractivity contribution in [2.45, 2.75) is 13.5 Å². The van der Waals surface area contributed by atoms with E-state index in [1.807, 2.05) is 0 Å². The molecule has 0 radical (unpaired) electrons. The number of halogens is 1. The number of aromatic nitrogens is 2. The number of hydrogen-bond donors (Lipinski definition) is 0. The first kappa shape index (κ1) is 19.2. The van der Waals surface area contributed by atoms with Gasteiger partial charge in [0.25, 0.3) is 5.82 Å². The second-order valence-electron chi connectivity index (χ2n) is 7.49. The van der Waals surface area contributed by atoms with Crippen LogP contribution in [0.3, 0.4) is 0 Å². The number of fused-ring (bicyclic) bond motifs is 6. The largest absolute Gasteiger partial charge is 1.00 e. The molecule has 0 bridgehead atoms. The summed E-state index contributed by atoms with van der Waals surface area (Å²) in [5, 5.41) is 7.18. The highest BCUT2D eigenvalue weighted by Gasteiger charge is 2.33. The maximum atomic E-state index is 4.68. The molecule has 0 amide bonds. The minimum absolute atomic E-state index is 0. The minimum Gasteiger partial charge on any atom is -1.00 e. The number of pyridine rings is 1. The summed E-state index contributed by atoms with van der Waals surface area (Å²) in [6.45, 7) is 4.01. The van der Waals surface area contributed by atoms with Crippen molar-refractivity contribution in [1.29, 1.82) is 0 Å². The lowest BCUT2D eigenvalue weighted by molar-refractivity contribution is -0.643. The number of para-hydroxylation sites is 1. The number of rotatable bonds is 2. The van der Waals surface area contributed by atoms with Gasteiger partial charge in [-0.2, -0.15) is 0 Å². The van der Waals surface area contributed by atoms with E-state index in [0.717, 1.165) is 23.8 Å². The first-order valence-electron chi connectivity index (χ1n) is 9.93. The van der Waals surface area contributed by atoms with Gasteiger partial charge in [-0.05, 0) is 31.2 Å². The second-order valence-corrected chi connectivity index (χ2v) is 8.55. The van der Waals surface area contributed by atoms with Crippen LogP contribution in [0.5, 0.6) is 0 Å². The quantitative estimate of drug-likeness (QED) is 0.290. The smallest absolute Gasteiger partial charge is 0.290 e. The molecule has 1 aliphatic rings. The normalized spacial score (nSPS) is 12.9. The summed E-state index contributed by atoms with van der Waals surface area (Å²) in [6.07, 6.45) is 0. The average molecular weight is 474 g/mol. The Morgan fingerprint density at radius 2 is 1.67 bits per heavy atom. The molecule has 6 rings (SSSR count). The number of thiazole rings is 1. The number of aryl methyl sites for hydroxylation is 1. The van der Waals surface area contributed by atoms with Crippen LogP contribution in [0.2, 0.25) is 0 Å². The fourth-order valence-corrected chi connectivity index (χ4v) is 5.14. The molecule has 0 unspecified atom stereocenters. The molecule has 3 aromatic carbocycles. The van der Waals surface area contributed by atoms with Crippen molar-refractivity contribution in [2.75, 3.05) is 11.4 Å². The van der Waals surface area contributed by atoms with E-state index in [1.54, 1.807) is 11.3 Å². The average Bonchev–Trinajstić information content (AvgIpc) is 3.41. The standard InChI is InChI=1S/C25H20N3S.BrH/c1-17-26-23(16-29-17)18-7-6-8-19(15-18)27-13-14-28-24-12-5-4-10-21(24)20-9-2-3-11-22(20)25(27)28;/h2-12,15-16H,13-14H2,1H3;1H/q+1;/p-1. The predicted octanol–water partition coefficient (Wildman–Crippen LogP) is 2.87. The molecule has 1 aliphatic heterocycles. The van der Waals surface area contributed by atoms with E-state index in [0.29, 0.717) is 0 Å². The first-order valence-corrected chi connectivity index (χ1v) is 10.8. The Labute approximate surface area is 190 Å². The summed E-state index contributed by atoms with van der Waals surface area (Å²) in [7, 11) is 0. The van der Waals surface area contributed by atoms with Gasteiger partial charge in [0, 0.05) is 21.7 Å². The van der Waals surface area contributed by atoms with Crippen molar-refractivity contribution in [3.8, 4) is 11.3 Å². The van der Waals surface area contributed by atoms with Gasteiger partial charge in [-0.15, -0.1) is 11.3 Å². The first-order chi connectivity index (χ1) is 14.3. The third kappa shape index (κ3) is 2.92. The van der Waals surface area contributed by atoms with Gasteiger partial charge in [-0.3, -0.25) is 0 Å². The van der Waals surface area contributed by atoms with E-state index in [1.165, 1.54) is 38.7 Å². The van der Waals surface area contributed by atoms with Crippen LogP contribution >= 0.6 is 11.3 Å². The summed E-state index contributed by atoms with van der Waals surface area (Å²) in [5.74, 6) is 1.28. The Kier molecular flexibility index (Phi) is 4.80. The maximum absolute atomic E-state index is 4.68. The van der Waals surface area contributed by atoms with E-state index in [-0.39, 0.29) is 17.0 Å². The molecule has 3 heterocycles. The molecule has 2 aromatic heterocycles. The minimum atomic E-state index is 0. The highest BCUT2D eigenvalue weighted by atomic mass is 79.9. The summed E-state index contributed by atoms with van der Waals surface area (Å²) in [5.41, 5.74) is 4.76. The van der Waals surface area contributed by atoms with Gasteiger partial charge < -0.3 is 17.0 Å². The van der Waals surface area contributed by atoms with Crippen molar-refractivity contribution in [1.82, 2.24) is 4.98 Å². The molecular formula is C25H20BrN3S. The zero-order valence-corrected chi connectivity index (χ0v) is 19.0. The number of anilines is 2. The van der Waals surface area contributed by atoms with E-state index < -0.39 is 0 Å². The zero-order chi connectivity index (χ0) is 19.4. The van der Waals surface area contributed by atoms with Crippen LogP contribution in [0, 0.1) is 6.92 Å². The topological polar surface area (TPSA) is 20.0 Å². The fourth-order valence-electron chi connectivity index (χ4n) is 4.51. The molecule has 5 aromatic rings. The molecule has 148 valence electrons. The molecule has 0 saturated carbocycles. The van der Waals surface area contributed by atoms with Gasteiger partial charge in [0.2, 0.25) is 0 Å². The van der Waals surface area contributed by atoms with Crippen LogP contribution in [0.1, 0.15) is 5.01 Å². The number of hydrogen-bond acceptors (Lipinski definition) is 3. The summed E-state index contributed by atoms with van der Waals surface area (Å²) >= 11 is 1.70. The van der Waals surface area contributed by atoms with Gasteiger partial charge in [0.05, 0.1) is 16.1 Å². The highest BCUT2D eigenvalue weighted by Crippen LogP contribution is 2.37. The van der Waals surface area contributed by atoms with E-state index in [2.05, 4.69) is 99.6 Å². The predicted molar refractivity (Wildman–Crippen MR) is 121 cm³/mol. The van der Waals surface area contributed by atoms with Crippen molar-refractivity contribution < 1.29 is 21.5 Å². The Balaban J connectivity index is 0.00000193. The van der Waals surface area contributed by atoms with Crippen molar-refractivity contribution in [2.24, 2.45) is 0 Å². The molecule has 0 spiro atoms. The number of benzene rings is 3. The third-order valence-electron chi connectivity index (χ3n) is 5.78. The molecule has 0 saturated heterocycles. The number of nitrogens with zero attached hydrogens (tertiary/aromatic N) is 3. The van der Waals surface area contributed by atoms with Crippen LogP contribution in [0.15, 0.2) is 78.2 Å². The highest BCUT2D eigenvalue weighted by molar-refractivity contribution is 7.09. The molecule has 0 N–H and O–H groups in total.